The number of amides is 1. The average molecular weight is 389 g/mol. The maximum absolute atomic E-state index is 13.0. The first-order valence-corrected chi connectivity index (χ1v) is 9.69. The van der Waals surface area contributed by atoms with E-state index in [1.807, 2.05) is 0 Å². The fourth-order valence-electron chi connectivity index (χ4n) is 3.10. The fourth-order valence-corrected chi connectivity index (χ4v) is 5.43. The van der Waals surface area contributed by atoms with Gasteiger partial charge in [-0.15, -0.1) is 10.2 Å². The van der Waals surface area contributed by atoms with Crippen molar-refractivity contribution < 1.29 is 31.6 Å². The van der Waals surface area contributed by atoms with Crippen molar-refractivity contribution in [2.24, 2.45) is 14.6 Å². The molecule has 1 aromatic rings. The van der Waals surface area contributed by atoms with Crippen molar-refractivity contribution in [2.45, 2.75) is 24.0 Å². The predicted octanol–water partition coefficient (Wildman–Crippen LogP) is 2.62. The van der Waals surface area contributed by atoms with Gasteiger partial charge in [0.05, 0.1) is 28.7 Å². The van der Waals surface area contributed by atoms with Gasteiger partial charge in [0.15, 0.2) is 5.79 Å². The van der Waals surface area contributed by atoms with Crippen LogP contribution in [-0.2, 0) is 24.9 Å². The van der Waals surface area contributed by atoms with Crippen LogP contribution in [0.1, 0.15) is 22.3 Å². The number of hydrogen-bond donors (Lipinski definition) is 0. The van der Waals surface area contributed by atoms with E-state index in [-0.39, 0.29) is 22.6 Å². The molecule has 3 heterocycles. The molecule has 0 aliphatic carbocycles. The van der Waals surface area contributed by atoms with E-state index in [1.54, 1.807) is 0 Å². The Morgan fingerprint density at radius 3 is 2.31 bits per heavy atom. The van der Waals surface area contributed by atoms with Gasteiger partial charge < -0.3 is 9.47 Å². The van der Waals surface area contributed by atoms with Crippen LogP contribution in [0.5, 0.6) is 0 Å². The van der Waals surface area contributed by atoms with Gasteiger partial charge in [0, 0.05) is 23.3 Å². The Morgan fingerprint density at radius 2 is 1.77 bits per heavy atom. The van der Waals surface area contributed by atoms with E-state index < -0.39 is 33.3 Å². The zero-order chi connectivity index (χ0) is 18.6. The summed E-state index contributed by atoms with van der Waals surface area (Å²) in [4.78, 5) is 12.3. The lowest BCUT2D eigenvalue weighted by molar-refractivity contribution is -0.166. The quantitative estimate of drug-likeness (QED) is 0.778. The second-order valence-corrected chi connectivity index (χ2v) is 8.75. The van der Waals surface area contributed by atoms with Gasteiger partial charge in [0.1, 0.15) is 0 Å². The molecule has 26 heavy (non-hydrogen) atoms. The van der Waals surface area contributed by atoms with Gasteiger partial charge in [-0.2, -0.15) is 17.5 Å². The van der Waals surface area contributed by atoms with Gasteiger partial charge in [-0.25, -0.2) is 4.21 Å². The molecule has 3 aliphatic heterocycles. The molecule has 0 saturated carbocycles. The number of rotatable bonds is 2. The van der Waals surface area contributed by atoms with Crippen molar-refractivity contribution >= 4 is 15.6 Å². The molecular weight excluding hydrogens is 375 g/mol. The molecule has 1 spiro atoms. The third kappa shape index (κ3) is 2.83. The molecule has 3 aliphatic rings. The Labute approximate surface area is 146 Å². The maximum Gasteiger partial charge on any atom is 0.442 e. The average Bonchev–Trinajstić information content (AvgIpc) is 3.20. The summed E-state index contributed by atoms with van der Waals surface area (Å²) in [5.74, 6) is -1.49. The molecule has 7 nitrogen and oxygen atoms in total. The normalized spacial score (nSPS) is 28.4. The molecule has 0 bridgehead atoms. The smallest absolute Gasteiger partial charge is 0.347 e. The maximum atomic E-state index is 13.0. The van der Waals surface area contributed by atoms with Crippen molar-refractivity contribution in [3.63, 3.8) is 0 Å². The zero-order valence-electron chi connectivity index (χ0n) is 13.4. The lowest BCUT2D eigenvalue weighted by Crippen LogP contribution is -2.31. The molecule has 140 valence electrons. The third-order valence-corrected chi connectivity index (χ3v) is 6.77. The molecule has 11 heteroatoms. The Hall–Kier alpha value is -1.85. The van der Waals surface area contributed by atoms with Crippen LogP contribution in [0.3, 0.4) is 0 Å². The summed E-state index contributed by atoms with van der Waals surface area (Å²) in [7, 11) is -2.83. The molecular formula is C15H14F3N3O4S. The van der Waals surface area contributed by atoms with E-state index >= 15 is 0 Å². The fraction of sp³-hybridized carbons (Fsp3) is 0.533. The number of carbonyl (C=O) groups excluding carboxylic acids is 1. The molecule has 0 radical (unpaired) electrons. The zero-order valence-corrected chi connectivity index (χ0v) is 14.2. The number of halogens is 3. The molecule has 2 saturated heterocycles. The predicted molar refractivity (Wildman–Crippen MR) is 82.9 cm³/mol. The molecule has 2 fully saturated rings. The Kier molecular flexibility index (Phi) is 3.76. The van der Waals surface area contributed by atoms with Crippen LogP contribution in [0.25, 0.3) is 0 Å². The second kappa shape index (κ2) is 5.57. The number of alkyl halides is 3. The Morgan fingerprint density at radius 1 is 1.15 bits per heavy atom. The van der Waals surface area contributed by atoms with E-state index in [4.69, 9.17) is 9.47 Å². The summed E-state index contributed by atoms with van der Waals surface area (Å²) < 4.78 is 66.5. The monoisotopic (exact) mass is 389 g/mol. The summed E-state index contributed by atoms with van der Waals surface area (Å²) in [5.41, 5.74) is -2.67. The second-order valence-electron chi connectivity index (χ2n) is 6.32. The summed E-state index contributed by atoms with van der Waals surface area (Å²) in [6.07, 6.45) is -4.25. The summed E-state index contributed by atoms with van der Waals surface area (Å²) >= 11 is 0. The number of carbonyl (C=O) groups is 1. The van der Waals surface area contributed by atoms with Gasteiger partial charge in [-0.05, 0) is 12.1 Å². The van der Waals surface area contributed by atoms with E-state index in [0.717, 1.165) is 12.1 Å². The van der Waals surface area contributed by atoms with E-state index in [2.05, 4.69) is 14.6 Å². The number of nitrogens with zero attached hydrogens (tertiary/aromatic N) is 3. The van der Waals surface area contributed by atoms with Gasteiger partial charge in [0.2, 0.25) is 0 Å². The number of hydrogen-bond acceptors (Lipinski definition) is 6. The summed E-state index contributed by atoms with van der Waals surface area (Å²) in [6.45, 7) is 0.810. The van der Waals surface area contributed by atoms with Gasteiger partial charge in [-0.3, -0.25) is 4.79 Å². The molecule has 4 rings (SSSR count). The van der Waals surface area contributed by atoms with Crippen LogP contribution < -0.4 is 0 Å². The van der Waals surface area contributed by atoms with Crippen molar-refractivity contribution in [2.75, 3.05) is 24.7 Å². The van der Waals surface area contributed by atoms with Gasteiger partial charge >= 0.3 is 11.8 Å². The Balaban J connectivity index is 1.54. The van der Waals surface area contributed by atoms with Crippen LogP contribution in [0.15, 0.2) is 38.9 Å². The van der Waals surface area contributed by atoms with E-state index in [1.165, 1.54) is 12.1 Å². The van der Waals surface area contributed by atoms with Gasteiger partial charge in [-0.1, -0.05) is 12.1 Å². The lowest BCUT2D eigenvalue weighted by atomic mass is 10.0. The molecule has 1 unspecified atom stereocenters. The SMILES string of the molecule is O=C(N=S1(=O)CCC2(C1)OCCO2)c1ccc(C2(C(F)(F)F)N=N2)cc1. The minimum atomic E-state index is -4.63. The van der Waals surface area contributed by atoms with Crippen molar-refractivity contribution in [1.82, 2.24) is 0 Å². The minimum absolute atomic E-state index is 0.0127. The summed E-state index contributed by atoms with van der Waals surface area (Å²) in [6, 6.07) is 4.66. The Bertz CT molecular complexity index is 892. The topological polar surface area (TPSA) is 89.7 Å². The first-order chi connectivity index (χ1) is 12.2. The third-order valence-electron chi connectivity index (χ3n) is 4.54. The number of benzene rings is 1. The molecule has 1 amide bonds. The van der Waals surface area contributed by atoms with Crippen LogP contribution >= 0.6 is 0 Å². The molecule has 1 aromatic carbocycles. The molecule has 1 atom stereocenters. The highest BCUT2D eigenvalue weighted by Gasteiger charge is 2.65. The minimum Gasteiger partial charge on any atom is -0.347 e. The van der Waals surface area contributed by atoms with Crippen LogP contribution in [0, 0.1) is 0 Å². The molecule has 0 aromatic heterocycles. The highest BCUT2D eigenvalue weighted by atomic mass is 32.2. The van der Waals surface area contributed by atoms with Crippen molar-refractivity contribution in [3.8, 4) is 0 Å². The highest BCUT2D eigenvalue weighted by molar-refractivity contribution is 7.94. The standard InChI is InChI=1S/C15H14F3N3O4S/c16-15(17,18)14(20-21-14)11-3-1-10(2-4-11)12(22)19-26(23)8-5-13(9-26)24-6-7-25-13/h1-4H,5-9H2. The van der Waals surface area contributed by atoms with Crippen LogP contribution in [-0.4, -0.2) is 46.8 Å². The molecule has 0 N–H and O–H groups in total. The van der Waals surface area contributed by atoms with E-state index in [9.17, 15) is 22.2 Å². The first-order valence-electron chi connectivity index (χ1n) is 7.83. The van der Waals surface area contributed by atoms with Crippen molar-refractivity contribution in [3.05, 3.63) is 35.4 Å². The highest BCUT2D eigenvalue weighted by Crippen LogP contribution is 2.52. The van der Waals surface area contributed by atoms with Gasteiger partial charge in [0.25, 0.3) is 5.91 Å². The first kappa shape index (κ1) is 17.6. The van der Waals surface area contributed by atoms with E-state index in [0.29, 0.717) is 19.6 Å². The van der Waals surface area contributed by atoms with Crippen molar-refractivity contribution in [1.29, 1.82) is 0 Å². The largest absolute Gasteiger partial charge is 0.442 e. The number of ether oxygens (including phenoxy) is 2. The van der Waals surface area contributed by atoms with Crippen LogP contribution in [0.4, 0.5) is 13.2 Å². The summed E-state index contributed by atoms with van der Waals surface area (Å²) in [5, 5.41) is 6.21. The van der Waals surface area contributed by atoms with Crippen LogP contribution in [0.2, 0.25) is 0 Å². The lowest BCUT2D eigenvalue weighted by Gasteiger charge is -2.19.